The summed E-state index contributed by atoms with van der Waals surface area (Å²) in [4.78, 5) is 5.95. The molecule has 0 radical (unpaired) electrons. The molecule has 4 fully saturated rings. The quantitative estimate of drug-likeness (QED) is 0.102. The molecule has 137 heavy (non-hydrogen) atoms. The predicted octanol–water partition coefficient (Wildman–Crippen LogP) is 39.3. The van der Waals surface area contributed by atoms with Gasteiger partial charge in [-0.3, -0.25) is 0 Å². The number of nitrogens with zero attached hydrogens (tertiary/aromatic N) is 4. The van der Waals surface area contributed by atoms with E-state index < -0.39 is 0 Å². The summed E-state index contributed by atoms with van der Waals surface area (Å²) >= 11 is 7.88. The van der Waals surface area contributed by atoms with Gasteiger partial charge in [0.2, 0.25) is 0 Å². The standard InChI is InChI=1S/2C29H32NS.C28H30NS.C27H28NS.12CH3.4Ti/c1-16(2)23-14-12-19-8-7-10-22(29(19)30-23)26-17(3)18(4)27-21(26)13-15-25-28(27)20-9-5-6-11-24(20)31-25;1-4-8-20-14-13-19-9-7-11-23(29(19)30-20)26-17(2)18(3)27-22(26)15-16-25-28(27)21-10-5-6-12-24(21)31-25;1-4-19-13-12-18-8-7-10-22(28(18)29-19)25-16(2)17(3)26-21(25)14-15-24-27(26)20-9-5-6-11-23(20)30-24;1-4-18-14-17-8-7-10-21(27(17)28-18)24-15(2)16(3)25-20(24)12-13-23-26(25)19-9-5-6-11-22(19)29-23;;;;;;;;;;;;;;;;/h5-11,13,15-18,21,23,26-27H,12,14H2,1-4H3;5-7,9-12,15-18,20,22,26-27H,4,8,13-14H2,1-3H3;5-11,14-17,19,21,25-26H,4,12-13H2,1-3H3;5-13,15-16,18,20,24-25H,4,14H2,1-3H3;12*1H3;;;;/q16*-1;4*+4. The second-order valence-corrected chi connectivity index (χ2v) is 43.8. The minimum atomic E-state index is 0. The Balaban J connectivity index is 0.000000310. The van der Waals surface area contributed by atoms with E-state index in [0.29, 0.717) is 148 Å². The van der Waals surface area contributed by atoms with Gasteiger partial charge in [-0.2, -0.15) is 0 Å². The second-order valence-electron chi connectivity index (χ2n) is 39.5. The Morgan fingerprint density at radius 3 is 0.839 bits per heavy atom. The van der Waals surface area contributed by atoms with E-state index >= 15 is 0 Å². The first-order valence-corrected chi connectivity index (χ1v) is 50.4. The van der Waals surface area contributed by atoms with Gasteiger partial charge in [-0.15, -0.1) is 92.3 Å². The largest absolute Gasteiger partial charge is 4.00 e. The summed E-state index contributed by atoms with van der Waals surface area (Å²) in [7, 11) is 0. The van der Waals surface area contributed by atoms with Gasteiger partial charge in [0.15, 0.2) is 0 Å². The molecule has 0 spiro atoms. The molecule has 0 saturated heterocycles. The predicted molar refractivity (Wildman–Crippen MR) is 602 cm³/mol. The number of hydrogen-bond donors (Lipinski definition) is 0. The van der Waals surface area contributed by atoms with Crippen molar-refractivity contribution in [3.05, 3.63) is 391 Å². The van der Waals surface area contributed by atoms with Gasteiger partial charge in [0.05, 0.1) is 0 Å². The van der Waals surface area contributed by atoms with Crippen LogP contribution in [0.2, 0.25) is 0 Å². The fraction of sp³-hybridized carbons (Fsp3) is 0.392. The maximum absolute atomic E-state index is 5.35. The zero-order valence-electron chi connectivity index (χ0n) is 87.4. The van der Waals surface area contributed by atoms with Crippen LogP contribution in [0.3, 0.4) is 0 Å². The first-order chi connectivity index (χ1) is 59.0. The maximum Gasteiger partial charge on any atom is 4.00 e. The third kappa shape index (κ3) is 21.0. The Kier molecular flexibility index (Phi) is 44.9. The molecule has 718 valence electrons. The van der Waals surface area contributed by atoms with Crippen LogP contribution in [-0.4, -0.2) is 24.2 Å². The Morgan fingerprint density at radius 2 is 0.540 bits per heavy atom. The van der Waals surface area contributed by atoms with E-state index in [4.69, 9.17) is 21.3 Å². The number of allylic oxidation sites excluding steroid dienone is 4. The van der Waals surface area contributed by atoms with Crippen LogP contribution in [-0.2, 0) is 113 Å². The third-order valence-electron chi connectivity index (χ3n) is 33.3. The van der Waals surface area contributed by atoms with Crippen LogP contribution in [0.15, 0.2) is 194 Å². The number of para-hydroxylation sites is 4. The van der Waals surface area contributed by atoms with Crippen LogP contribution in [0.5, 0.6) is 0 Å². The van der Waals surface area contributed by atoms with E-state index in [-0.39, 0.29) is 176 Å². The molecule has 0 amide bonds. The summed E-state index contributed by atoms with van der Waals surface area (Å²) in [6, 6.07) is 66.1. The van der Waals surface area contributed by atoms with Crippen molar-refractivity contribution in [1.82, 2.24) is 0 Å². The monoisotopic (exact) mass is 2030 g/mol. The number of aryl methyl sites for hydroxylation is 3. The van der Waals surface area contributed by atoms with Gasteiger partial charge in [0, 0.05) is 38.3 Å². The van der Waals surface area contributed by atoms with Crippen molar-refractivity contribution < 1.29 is 86.9 Å². The minimum absolute atomic E-state index is 0. The fourth-order valence-corrected chi connectivity index (χ4v) is 31.4. The number of fused-ring (bicyclic) bond motifs is 24. The molecule has 24 unspecified atom stereocenters. The molecule has 0 bridgehead atoms. The van der Waals surface area contributed by atoms with Crippen LogP contribution in [0.4, 0.5) is 22.7 Å². The molecule has 4 saturated carbocycles. The van der Waals surface area contributed by atoms with E-state index in [1.165, 1.54) is 178 Å². The van der Waals surface area contributed by atoms with Crippen molar-refractivity contribution in [2.24, 2.45) is 76.9 Å². The summed E-state index contributed by atoms with van der Waals surface area (Å²) < 4.78 is 5.75. The molecule has 0 N–H and O–H groups in total. The molecule has 8 aliphatic carbocycles. The summed E-state index contributed by atoms with van der Waals surface area (Å²) in [5, 5.41) is 27.1. The summed E-state index contributed by atoms with van der Waals surface area (Å²) in [5.41, 5.74) is 23.8. The smallest absolute Gasteiger partial charge is 0.681 e. The third-order valence-corrected chi connectivity index (χ3v) is 37.9. The van der Waals surface area contributed by atoms with Crippen LogP contribution >= 0.6 is 45.3 Å². The Morgan fingerprint density at radius 1 is 0.285 bits per heavy atom. The summed E-state index contributed by atoms with van der Waals surface area (Å²) in [6.07, 6.45) is 33.0. The van der Waals surface area contributed by atoms with Gasteiger partial charge in [0.1, 0.15) is 0 Å². The van der Waals surface area contributed by atoms with Crippen molar-refractivity contribution in [1.29, 1.82) is 0 Å². The number of rotatable bonds is 9. The number of benzene rings is 8. The molecule has 12 aromatic rings. The number of thiophene rings is 4. The van der Waals surface area contributed by atoms with Gasteiger partial charge >= 0.3 is 86.9 Å². The van der Waals surface area contributed by atoms with Gasteiger partial charge in [0.25, 0.3) is 0 Å². The molecular weight excluding hydrogens is 1880 g/mol. The second kappa shape index (κ2) is 50.4. The normalized spacial score (nSPS) is 27.9. The van der Waals surface area contributed by atoms with Gasteiger partial charge in [-0.1, -0.05) is 355 Å². The molecule has 24 atom stereocenters. The Labute approximate surface area is 910 Å². The van der Waals surface area contributed by atoms with Gasteiger partial charge < -0.3 is 110 Å². The van der Waals surface area contributed by atoms with Crippen LogP contribution in [0.1, 0.15) is 269 Å². The molecule has 12 heteroatoms. The zero-order valence-corrected chi connectivity index (χ0v) is 96.9. The topological polar surface area (TPSA) is 56.4 Å². The molecule has 12 aliphatic rings. The zero-order chi connectivity index (χ0) is 82.5. The van der Waals surface area contributed by atoms with Crippen molar-refractivity contribution in [3.8, 4) is 0 Å². The van der Waals surface area contributed by atoms with Crippen molar-refractivity contribution in [2.75, 3.05) is 0 Å². The molecular formula is C125H158N4S4Ti4. The van der Waals surface area contributed by atoms with E-state index in [1.807, 2.05) is 45.3 Å². The van der Waals surface area contributed by atoms with Crippen LogP contribution in [0.25, 0.3) is 85.9 Å². The van der Waals surface area contributed by atoms with E-state index in [9.17, 15) is 0 Å². The molecule has 4 aliphatic heterocycles. The van der Waals surface area contributed by atoms with Gasteiger partial charge in [-0.05, 0) is 236 Å². The van der Waals surface area contributed by atoms with E-state index in [2.05, 4.69) is 308 Å². The first kappa shape index (κ1) is 122. The Hall–Kier alpha value is -5.38. The van der Waals surface area contributed by atoms with Gasteiger partial charge in [-0.25, -0.2) is 0 Å². The maximum atomic E-state index is 5.35. The van der Waals surface area contributed by atoms with E-state index in [1.54, 1.807) is 22.3 Å². The molecule has 8 aromatic carbocycles. The minimum Gasteiger partial charge on any atom is -0.681 e. The Bertz CT molecular complexity index is 6070. The summed E-state index contributed by atoms with van der Waals surface area (Å²) in [5.74, 6) is 12.9. The summed E-state index contributed by atoms with van der Waals surface area (Å²) in [6.45, 7) is 31.5. The molecule has 24 rings (SSSR count). The number of hydrogen-bond acceptors (Lipinski definition) is 4. The van der Waals surface area contributed by atoms with Crippen LogP contribution < -0.4 is 0 Å². The molecule has 4 aromatic heterocycles. The van der Waals surface area contributed by atoms with Crippen molar-refractivity contribution >= 4 is 133 Å². The van der Waals surface area contributed by atoms with Crippen molar-refractivity contribution in [3.63, 3.8) is 0 Å². The SMILES string of the molecule is CC(C)C1CCc2cccc(C3C(C)C(C)C4c5c(sc6ccccc56)C=CC34)c2[N-]1.CCC1CCc2cccc(C3C(C)C(C)C4c5c(sc6ccccc56)C=CC34)c2[N-]1.CCC1Cc2cccc(C3C(C)C(C)C4c5c(sc6ccccc56)C=CC34)c2[N-]1.CCCC1CCc2cccc(C3C(C)C(C)C4c5c(sc6ccccc56)C=CC34)c2[N-]1.[CH3-].[CH3-].[CH3-].[CH3-].[CH3-].[CH3-].[CH3-].[CH3-].[CH3-].[CH3-].[CH3-].[CH3-].[Ti+4].[Ti+4].[Ti+4].[Ti+4]. The molecule has 4 nitrogen and oxygen atoms in total. The molecule has 8 heterocycles. The van der Waals surface area contributed by atoms with Crippen LogP contribution in [0, 0.1) is 166 Å². The first-order valence-electron chi connectivity index (χ1n) is 47.1. The fourth-order valence-electron chi connectivity index (χ4n) is 26.7. The average molecular weight is 2040 g/mol. The van der Waals surface area contributed by atoms with E-state index in [0.717, 1.165) is 19.3 Å². The van der Waals surface area contributed by atoms with Crippen molar-refractivity contribution in [2.45, 2.75) is 232 Å². The average Bonchev–Trinajstić information content (AvgIpc) is 1.58.